The third-order valence-corrected chi connectivity index (χ3v) is 15.1. The molecule has 3 aromatic rings. The number of benzene rings is 3. The molecule has 0 aromatic heterocycles. The number of thioether (sulfide) groups is 3. The van der Waals surface area contributed by atoms with Gasteiger partial charge in [0, 0.05) is 72.4 Å². The summed E-state index contributed by atoms with van der Waals surface area (Å²) < 4.78 is 3.33. The van der Waals surface area contributed by atoms with Crippen LogP contribution < -0.4 is 10.3 Å². The van der Waals surface area contributed by atoms with Crippen LogP contribution in [0.15, 0.2) is 133 Å². The quantitative estimate of drug-likeness (QED) is 0.0905. The highest BCUT2D eigenvalue weighted by atomic mass is 79.9. The van der Waals surface area contributed by atoms with Gasteiger partial charge in [-0.15, -0.1) is 0 Å². The molecule has 1 aliphatic heterocycles. The monoisotopic (exact) mass is 957 g/mol. The molecule has 0 atom stereocenters. The van der Waals surface area contributed by atoms with Crippen molar-refractivity contribution in [2.45, 2.75) is 103 Å². The number of halogens is 2. The zero-order valence-corrected chi connectivity index (χ0v) is 40.6. The summed E-state index contributed by atoms with van der Waals surface area (Å²) in [6, 6.07) is 23.6. The maximum absolute atomic E-state index is 8.86. The standard InChI is InChI=1S/C49H58Br2N4S3/c1-8-11-29-54-43(48(4,5)38-17-14-18-39(50)31-38)27-23-36-15-13-16-37(45(36)57-47(53)58-46(52)56-33-35-21-19-34(10-3)20-22-35)24-28-44-49(6,7)41-32-40(51)25-26-42(41)55(44)30-12-9-2/h10,14,17-28,31-32,52-53H,3,8-9,11-13,15-16,29-30,33H2,1-2,4-7H3/p+1/b27-23+,37-24+,44-28+,52-46?,53-47?,54-43?. The molecule has 0 fully saturated rings. The number of nitrogens with two attached hydrogens (primary N) is 1. The first-order chi connectivity index (χ1) is 27.8. The Bertz CT molecular complexity index is 2120. The van der Waals surface area contributed by atoms with Crippen LogP contribution in [0.3, 0.4) is 0 Å². The van der Waals surface area contributed by atoms with E-state index in [2.05, 4.69) is 176 Å². The Kier molecular flexibility index (Phi) is 17.2. The van der Waals surface area contributed by atoms with Crippen LogP contribution in [0.1, 0.15) is 109 Å². The summed E-state index contributed by atoms with van der Waals surface area (Å²) in [6.07, 6.45) is 18.5. The molecule has 0 saturated carbocycles. The Balaban J connectivity index is 1.52. The van der Waals surface area contributed by atoms with Crippen LogP contribution in [-0.4, -0.2) is 27.6 Å². The molecule has 1 aliphatic carbocycles. The van der Waals surface area contributed by atoms with Crippen LogP contribution in [-0.2, 0) is 16.6 Å². The van der Waals surface area contributed by atoms with Crippen LogP contribution in [0.2, 0.25) is 0 Å². The Hall–Kier alpha value is -2.82. The van der Waals surface area contributed by atoms with Crippen molar-refractivity contribution in [1.82, 2.24) is 0 Å². The summed E-state index contributed by atoms with van der Waals surface area (Å²) in [5.41, 5.74) is 10.6. The molecule has 58 heavy (non-hydrogen) atoms. The van der Waals surface area contributed by atoms with Gasteiger partial charge in [-0.3, -0.25) is 10.4 Å². The number of unbranched alkanes of at least 4 members (excludes halogenated alkanes) is 2. The third-order valence-electron chi connectivity index (χ3n) is 10.9. The fraction of sp³-hybridized carbons (Fsp3) is 0.367. The first-order valence-electron chi connectivity index (χ1n) is 20.4. The van der Waals surface area contributed by atoms with Crippen molar-refractivity contribution < 1.29 is 5.41 Å². The third kappa shape index (κ3) is 11.9. The number of hydrogen-bond acceptors (Lipinski definition) is 6. The number of rotatable bonds is 15. The second-order valence-corrected chi connectivity index (χ2v) is 21.3. The molecule has 9 heteroatoms. The van der Waals surface area contributed by atoms with Gasteiger partial charge in [-0.1, -0.05) is 159 Å². The molecular weight excluding hydrogens is 901 g/mol. The minimum atomic E-state index is -0.293. The molecule has 0 radical (unpaired) electrons. The van der Waals surface area contributed by atoms with Crippen LogP contribution in [0, 0.1) is 5.41 Å². The summed E-state index contributed by atoms with van der Waals surface area (Å²) in [5, 5.41) is 15.7. The average Bonchev–Trinajstić information content (AvgIpc) is 3.41. The van der Waals surface area contributed by atoms with E-state index in [1.165, 1.54) is 67.6 Å². The largest absolute Gasteiger partial charge is 0.344 e. The van der Waals surface area contributed by atoms with Gasteiger partial charge in [0.2, 0.25) is 0 Å². The molecule has 0 unspecified atom stereocenters. The number of nitrogens with one attached hydrogen (secondary N) is 1. The molecule has 5 rings (SSSR count). The van der Waals surface area contributed by atoms with Crippen molar-refractivity contribution >= 4 is 93.4 Å². The molecule has 4 nitrogen and oxygen atoms in total. The summed E-state index contributed by atoms with van der Waals surface area (Å²) in [6.45, 7) is 19.4. The lowest BCUT2D eigenvalue weighted by atomic mass is 9.79. The lowest BCUT2D eigenvalue weighted by Crippen LogP contribution is -2.36. The molecule has 0 amide bonds. The summed E-state index contributed by atoms with van der Waals surface area (Å²) in [4.78, 5) is 8.94. The van der Waals surface area contributed by atoms with Gasteiger partial charge in [0.25, 0.3) is 4.38 Å². The van der Waals surface area contributed by atoms with Crippen molar-refractivity contribution in [3.8, 4) is 0 Å². The normalized spacial score (nSPS) is 17.1. The number of allylic oxidation sites excluding steroid dienone is 7. The van der Waals surface area contributed by atoms with E-state index in [1.54, 1.807) is 11.8 Å². The van der Waals surface area contributed by atoms with Gasteiger partial charge < -0.3 is 4.90 Å². The Labute approximate surface area is 378 Å². The summed E-state index contributed by atoms with van der Waals surface area (Å²) in [5.74, 6) is 0.716. The predicted molar refractivity (Wildman–Crippen MR) is 268 cm³/mol. The minimum absolute atomic E-state index is 0.153. The van der Waals surface area contributed by atoms with Crippen molar-refractivity contribution in [3.05, 3.63) is 151 Å². The molecule has 3 aromatic carbocycles. The molecule has 0 spiro atoms. The highest BCUT2D eigenvalue weighted by Gasteiger charge is 2.39. The fourth-order valence-electron chi connectivity index (χ4n) is 7.40. The molecule has 0 saturated heterocycles. The van der Waals surface area contributed by atoms with Crippen LogP contribution in [0.5, 0.6) is 0 Å². The van der Waals surface area contributed by atoms with Gasteiger partial charge in [0.1, 0.15) is 4.38 Å². The van der Waals surface area contributed by atoms with E-state index in [0.717, 1.165) is 78.3 Å². The number of fused-ring (bicyclic) bond motifs is 1. The molecule has 1 heterocycles. The summed E-state index contributed by atoms with van der Waals surface area (Å²) in [7, 11) is 0. The van der Waals surface area contributed by atoms with Gasteiger partial charge in [-0.2, -0.15) is 0 Å². The number of nitrogens with zero attached hydrogens (tertiary/aromatic N) is 2. The van der Waals surface area contributed by atoms with Crippen molar-refractivity contribution in [1.29, 1.82) is 5.41 Å². The predicted octanol–water partition coefficient (Wildman–Crippen LogP) is 14.2. The van der Waals surface area contributed by atoms with Crippen molar-refractivity contribution in [2.24, 2.45) is 4.99 Å². The first kappa shape index (κ1) is 46.2. The Morgan fingerprint density at radius 3 is 2.43 bits per heavy atom. The highest BCUT2D eigenvalue weighted by Crippen LogP contribution is 2.49. The van der Waals surface area contributed by atoms with E-state index in [1.807, 2.05) is 6.08 Å². The second kappa shape index (κ2) is 21.6. The van der Waals surface area contributed by atoms with Gasteiger partial charge in [-0.25, -0.2) is 5.41 Å². The second-order valence-electron chi connectivity index (χ2n) is 15.9. The maximum Gasteiger partial charge on any atom is 0.278 e. The fourth-order valence-corrected chi connectivity index (χ4v) is 11.1. The highest BCUT2D eigenvalue weighted by molar-refractivity contribution is 9.10. The Morgan fingerprint density at radius 1 is 0.983 bits per heavy atom. The number of hydrogen-bond donors (Lipinski definition) is 2. The van der Waals surface area contributed by atoms with Crippen LogP contribution in [0.4, 0.5) is 5.69 Å². The van der Waals surface area contributed by atoms with E-state index in [4.69, 9.17) is 15.8 Å². The zero-order chi connectivity index (χ0) is 41.9. The zero-order valence-electron chi connectivity index (χ0n) is 35.0. The molecule has 306 valence electrons. The lowest BCUT2D eigenvalue weighted by molar-refractivity contribution is -0.103. The van der Waals surface area contributed by atoms with E-state index >= 15 is 0 Å². The van der Waals surface area contributed by atoms with Crippen LogP contribution >= 0.6 is 67.1 Å². The van der Waals surface area contributed by atoms with Crippen molar-refractivity contribution in [3.63, 3.8) is 0 Å². The first-order valence-corrected chi connectivity index (χ1v) is 24.6. The summed E-state index contributed by atoms with van der Waals surface area (Å²) >= 11 is 11.9. The van der Waals surface area contributed by atoms with E-state index < -0.39 is 0 Å². The van der Waals surface area contributed by atoms with E-state index in [-0.39, 0.29) is 10.8 Å². The average molecular weight is 960 g/mol. The molecule has 0 bridgehead atoms. The number of anilines is 1. The van der Waals surface area contributed by atoms with Gasteiger partial charge in [0.05, 0.1) is 0 Å². The van der Waals surface area contributed by atoms with Gasteiger partial charge in [0.15, 0.2) is 0 Å². The smallest absolute Gasteiger partial charge is 0.278 e. The molecule has 3 N–H and O–H groups in total. The van der Waals surface area contributed by atoms with Gasteiger partial charge >= 0.3 is 0 Å². The van der Waals surface area contributed by atoms with Gasteiger partial charge in [-0.05, 0) is 120 Å². The lowest BCUT2D eigenvalue weighted by Gasteiger charge is -2.28. The molecule has 2 aliphatic rings. The van der Waals surface area contributed by atoms with Crippen LogP contribution in [0.25, 0.3) is 6.08 Å². The minimum Gasteiger partial charge on any atom is -0.344 e. The number of aliphatic imine (C=N–C) groups is 1. The topological polar surface area (TPSA) is 65.0 Å². The molecular formula is C49H59Br2N4S3+. The SMILES string of the molecule is C=Cc1ccc(CSC(=N)SC(=[NH2+])SC2=C(/C=C/C(=NCCCC)C(C)(C)c3cccc(Br)c3)CCC/C2=C\C=C2\N(CCCC)c3ccc(Br)cc3C2(C)C)cc1. The Morgan fingerprint density at radius 2 is 1.72 bits per heavy atom. The van der Waals surface area contributed by atoms with E-state index in [9.17, 15) is 0 Å². The maximum atomic E-state index is 8.86. The van der Waals surface area contributed by atoms with E-state index in [0.29, 0.717) is 14.5 Å². The van der Waals surface area contributed by atoms with Crippen molar-refractivity contribution in [2.75, 3.05) is 18.0 Å².